The summed E-state index contributed by atoms with van der Waals surface area (Å²) in [6.07, 6.45) is 5.55. The van der Waals surface area contributed by atoms with E-state index in [4.69, 9.17) is 4.74 Å². The molecule has 3 rings (SSSR count). The summed E-state index contributed by atoms with van der Waals surface area (Å²) in [5.41, 5.74) is 0.314. The lowest BCUT2D eigenvalue weighted by Gasteiger charge is -2.12. The van der Waals surface area contributed by atoms with Crippen molar-refractivity contribution in [3.8, 4) is 11.8 Å². The summed E-state index contributed by atoms with van der Waals surface area (Å²) in [4.78, 5) is 19.4. The van der Waals surface area contributed by atoms with Crippen LogP contribution in [0.5, 0.6) is 5.75 Å². The Kier molecular flexibility index (Phi) is 4.80. The van der Waals surface area contributed by atoms with Crippen LogP contribution >= 0.6 is 0 Å². The first-order chi connectivity index (χ1) is 11.7. The third-order valence-corrected chi connectivity index (χ3v) is 4.37. The van der Waals surface area contributed by atoms with E-state index in [-0.39, 0.29) is 5.56 Å². The quantitative estimate of drug-likeness (QED) is 0.882. The van der Waals surface area contributed by atoms with E-state index < -0.39 is 5.56 Å². The van der Waals surface area contributed by atoms with Crippen LogP contribution in [0.2, 0.25) is 0 Å². The molecule has 1 aliphatic rings. The molecule has 1 aliphatic carbocycles. The minimum atomic E-state index is -0.397. The lowest BCUT2D eigenvalue weighted by molar-refractivity contribution is 0.415. The number of methoxy groups -OCH3 is 1. The molecule has 0 amide bonds. The number of hydrogen-bond acceptors (Lipinski definition) is 5. The smallest absolute Gasteiger partial charge is 0.271 e. The number of nitrogens with one attached hydrogen (secondary N) is 2. The number of nitriles is 1. The Morgan fingerprint density at radius 3 is 2.92 bits per heavy atom. The Hall–Kier alpha value is -2.81. The summed E-state index contributed by atoms with van der Waals surface area (Å²) in [6, 6.07) is 9.22. The number of H-pyrrole nitrogens is 1. The fourth-order valence-electron chi connectivity index (χ4n) is 3.14. The molecule has 0 spiro atoms. The summed E-state index contributed by atoms with van der Waals surface area (Å²) >= 11 is 0. The maximum Gasteiger partial charge on any atom is 0.271 e. The van der Waals surface area contributed by atoms with Crippen molar-refractivity contribution in [3.63, 3.8) is 0 Å². The number of benzene rings is 1. The van der Waals surface area contributed by atoms with Gasteiger partial charge in [-0.15, -0.1) is 0 Å². The van der Waals surface area contributed by atoms with Gasteiger partial charge in [0.25, 0.3) is 5.56 Å². The molecular weight excluding hydrogens is 304 g/mol. The van der Waals surface area contributed by atoms with Gasteiger partial charge >= 0.3 is 0 Å². The number of aromatic nitrogens is 2. The van der Waals surface area contributed by atoms with Crippen LogP contribution in [-0.4, -0.2) is 17.1 Å². The Morgan fingerprint density at radius 1 is 1.42 bits per heavy atom. The maximum atomic E-state index is 12.2. The van der Waals surface area contributed by atoms with Gasteiger partial charge in [-0.2, -0.15) is 5.26 Å². The fourth-order valence-corrected chi connectivity index (χ4v) is 3.14. The predicted octanol–water partition coefficient (Wildman–Crippen LogP) is 3.13. The summed E-state index contributed by atoms with van der Waals surface area (Å²) in [5.74, 6) is 2.18. The van der Waals surface area contributed by atoms with E-state index in [0.29, 0.717) is 23.3 Å². The Labute approximate surface area is 140 Å². The SMILES string of the molecule is COc1cccc(Nc2nc(CC3CCCC3)[nH]c(=O)c2C#N)c1. The zero-order valence-electron chi connectivity index (χ0n) is 13.6. The molecule has 2 N–H and O–H groups in total. The first kappa shape index (κ1) is 16.1. The summed E-state index contributed by atoms with van der Waals surface area (Å²) in [7, 11) is 1.59. The van der Waals surface area contributed by atoms with Crippen LogP contribution in [0.15, 0.2) is 29.1 Å². The van der Waals surface area contributed by atoms with E-state index in [1.807, 2.05) is 24.3 Å². The lowest BCUT2D eigenvalue weighted by Crippen LogP contribution is -2.19. The van der Waals surface area contributed by atoms with E-state index in [1.54, 1.807) is 13.2 Å². The normalized spacial score (nSPS) is 14.3. The number of nitrogens with zero attached hydrogens (tertiary/aromatic N) is 2. The molecule has 1 fully saturated rings. The zero-order valence-corrected chi connectivity index (χ0v) is 13.6. The van der Waals surface area contributed by atoms with Crippen molar-refractivity contribution in [2.75, 3.05) is 12.4 Å². The molecule has 0 aliphatic heterocycles. The van der Waals surface area contributed by atoms with Gasteiger partial charge in [-0.1, -0.05) is 31.7 Å². The Morgan fingerprint density at radius 2 is 2.21 bits per heavy atom. The van der Waals surface area contributed by atoms with Crippen LogP contribution in [0.3, 0.4) is 0 Å². The van der Waals surface area contributed by atoms with Crippen molar-refractivity contribution in [3.05, 3.63) is 46.0 Å². The second-order valence-corrected chi connectivity index (χ2v) is 6.06. The van der Waals surface area contributed by atoms with E-state index in [1.165, 1.54) is 25.7 Å². The van der Waals surface area contributed by atoms with Crippen LogP contribution in [0.4, 0.5) is 11.5 Å². The van der Waals surface area contributed by atoms with Crippen LogP contribution in [0.1, 0.15) is 37.1 Å². The molecule has 0 saturated heterocycles. The van der Waals surface area contributed by atoms with Crippen molar-refractivity contribution in [2.24, 2.45) is 5.92 Å². The molecule has 1 aromatic heterocycles. The van der Waals surface area contributed by atoms with Gasteiger partial charge in [-0.25, -0.2) is 4.98 Å². The predicted molar refractivity (Wildman–Crippen MR) is 91.5 cm³/mol. The van der Waals surface area contributed by atoms with Gasteiger partial charge in [0.2, 0.25) is 0 Å². The van der Waals surface area contributed by atoms with Gasteiger partial charge in [0.05, 0.1) is 7.11 Å². The molecule has 124 valence electrons. The van der Waals surface area contributed by atoms with Crippen molar-refractivity contribution < 1.29 is 4.74 Å². The molecule has 0 radical (unpaired) electrons. The third kappa shape index (κ3) is 3.57. The molecular formula is C18H20N4O2. The molecule has 0 bridgehead atoms. The summed E-state index contributed by atoms with van der Waals surface area (Å²) in [5, 5.41) is 12.3. The number of hydrogen-bond donors (Lipinski definition) is 2. The molecule has 6 heteroatoms. The molecule has 2 aromatic rings. The average molecular weight is 324 g/mol. The highest BCUT2D eigenvalue weighted by Crippen LogP contribution is 2.27. The van der Waals surface area contributed by atoms with Gasteiger partial charge in [0, 0.05) is 18.2 Å². The van der Waals surface area contributed by atoms with E-state index in [9.17, 15) is 10.1 Å². The minimum Gasteiger partial charge on any atom is -0.497 e. The zero-order chi connectivity index (χ0) is 16.9. The molecule has 0 unspecified atom stereocenters. The first-order valence-corrected chi connectivity index (χ1v) is 8.14. The molecule has 1 aromatic carbocycles. The van der Waals surface area contributed by atoms with E-state index in [0.717, 1.165) is 12.1 Å². The first-order valence-electron chi connectivity index (χ1n) is 8.14. The molecule has 1 saturated carbocycles. The summed E-state index contributed by atoms with van der Waals surface area (Å²) in [6.45, 7) is 0. The Bertz CT molecular complexity index is 816. The van der Waals surface area contributed by atoms with Gasteiger partial charge < -0.3 is 15.0 Å². The van der Waals surface area contributed by atoms with E-state index in [2.05, 4.69) is 15.3 Å². The second kappa shape index (κ2) is 7.18. The van der Waals surface area contributed by atoms with Crippen LogP contribution in [0.25, 0.3) is 0 Å². The standard InChI is InChI=1S/C18H20N4O2/c1-24-14-8-4-7-13(10-14)20-17-15(11-19)18(23)22-16(21-17)9-12-5-2-3-6-12/h4,7-8,10,12H,2-3,5-6,9H2,1H3,(H2,20,21,22,23). The topological polar surface area (TPSA) is 90.8 Å². The fraction of sp³-hybridized carbons (Fsp3) is 0.389. The van der Waals surface area contributed by atoms with Gasteiger partial charge in [0.15, 0.2) is 11.4 Å². The average Bonchev–Trinajstić information content (AvgIpc) is 3.08. The highest BCUT2D eigenvalue weighted by Gasteiger charge is 2.18. The molecule has 0 atom stereocenters. The molecule has 24 heavy (non-hydrogen) atoms. The lowest BCUT2D eigenvalue weighted by atomic mass is 10.0. The van der Waals surface area contributed by atoms with Crippen molar-refractivity contribution in [2.45, 2.75) is 32.1 Å². The highest BCUT2D eigenvalue weighted by molar-refractivity contribution is 5.63. The van der Waals surface area contributed by atoms with Gasteiger partial charge in [-0.3, -0.25) is 4.79 Å². The Balaban J connectivity index is 1.90. The largest absolute Gasteiger partial charge is 0.497 e. The molecule has 6 nitrogen and oxygen atoms in total. The maximum absolute atomic E-state index is 12.2. The minimum absolute atomic E-state index is 0.00649. The van der Waals surface area contributed by atoms with Crippen molar-refractivity contribution in [1.82, 2.24) is 9.97 Å². The number of anilines is 2. The number of rotatable bonds is 5. The third-order valence-electron chi connectivity index (χ3n) is 4.37. The van der Waals surface area contributed by atoms with Gasteiger partial charge in [-0.05, 0) is 18.1 Å². The number of ether oxygens (including phenoxy) is 1. The van der Waals surface area contributed by atoms with Gasteiger partial charge in [0.1, 0.15) is 17.6 Å². The molecule has 1 heterocycles. The second-order valence-electron chi connectivity index (χ2n) is 6.06. The highest BCUT2D eigenvalue weighted by atomic mass is 16.5. The summed E-state index contributed by atoms with van der Waals surface area (Å²) < 4.78 is 5.19. The van der Waals surface area contributed by atoms with Crippen LogP contribution in [0, 0.1) is 17.2 Å². The van der Waals surface area contributed by atoms with Crippen LogP contribution < -0.4 is 15.6 Å². The van der Waals surface area contributed by atoms with Crippen LogP contribution in [-0.2, 0) is 6.42 Å². The van der Waals surface area contributed by atoms with Crippen molar-refractivity contribution >= 4 is 11.5 Å². The number of aromatic amines is 1. The monoisotopic (exact) mass is 324 g/mol. The van der Waals surface area contributed by atoms with E-state index >= 15 is 0 Å². The van der Waals surface area contributed by atoms with Crippen molar-refractivity contribution in [1.29, 1.82) is 5.26 Å².